The van der Waals surface area contributed by atoms with Gasteiger partial charge in [-0.05, 0) is 6.07 Å². The van der Waals surface area contributed by atoms with Crippen LogP contribution in [0.2, 0.25) is 0 Å². The predicted molar refractivity (Wildman–Crippen MR) is 75.9 cm³/mol. The van der Waals surface area contributed by atoms with Gasteiger partial charge in [0.15, 0.2) is 9.84 Å². The molecule has 0 saturated carbocycles. The molecule has 0 bridgehead atoms. The molecule has 0 radical (unpaired) electrons. The van der Waals surface area contributed by atoms with Gasteiger partial charge in [0, 0.05) is 26.3 Å². The van der Waals surface area contributed by atoms with Crippen molar-refractivity contribution in [1.29, 1.82) is 0 Å². The van der Waals surface area contributed by atoms with Crippen LogP contribution in [-0.4, -0.2) is 57.1 Å². The Morgan fingerprint density at radius 3 is 2.71 bits per heavy atom. The third kappa shape index (κ3) is 5.38. The van der Waals surface area contributed by atoms with Crippen LogP contribution in [0.5, 0.6) is 0 Å². The number of benzene rings is 1. The van der Waals surface area contributed by atoms with Gasteiger partial charge in [0.05, 0.1) is 23.4 Å². The Labute approximate surface area is 122 Å². The molecule has 1 aromatic rings. The van der Waals surface area contributed by atoms with Crippen molar-refractivity contribution in [3.8, 4) is 0 Å². The molecule has 0 heterocycles. The summed E-state index contributed by atoms with van der Waals surface area (Å²) in [6, 6.07) is 5.08. The lowest BCUT2D eigenvalue weighted by molar-refractivity contribution is -0.387. The molecule has 0 spiro atoms. The van der Waals surface area contributed by atoms with E-state index in [2.05, 4.69) is 5.32 Å². The minimum atomic E-state index is -3.94. The van der Waals surface area contributed by atoms with Gasteiger partial charge in [0.2, 0.25) is 0 Å². The Morgan fingerprint density at radius 1 is 1.43 bits per heavy atom. The summed E-state index contributed by atoms with van der Waals surface area (Å²) in [5, 5.41) is 23.4. The summed E-state index contributed by atoms with van der Waals surface area (Å²) in [6.07, 6.45) is -1.16. The molecular weight excluding hydrogens is 300 g/mol. The molecule has 8 nitrogen and oxygen atoms in total. The van der Waals surface area contributed by atoms with Crippen LogP contribution in [0.3, 0.4) is 0 Å². The second-order valence-electron chi connectivity index (χ2n) is 4.36. The topological polar surface area (TPSA) is 119 Å². The Kier molecular flexibility index (Phi) is 6.69. The Morgan fingerprint density at radius 2 is 2.10 bits per heavy atom. The molecule has 0 aliphatic heterocycles. The lowest BCUT2D eigenvalue weighted by atomic mass is 10.3. The molecule has 2 N–H and O–H groups in total. The number of para-hydroxylation sites is 1. The average molecular weight is 318 g/mol. The summed E-state index contributed by atoms with van der Waals surface area (Å²) < 4.78 is 29.1. The molecule has 0 fully saturated rings. The quantitative estimate of drug-likeness (QED) is 0.372. The van der Waals surface area contributed by atoms with Crippen molar-refractivity contribution in [2.45, 2.75) is 11.0 Å². The summed E-state index contributed by atoms with van der Waals surface area (Å²) in [5.74, 6) is -0.585. The van der Waals surface area contributed by atoms with Crippen LogP contribution in [-0.2, 0) is 14.6 Å². The molecule has 0 amide bonds. The van der Waals surface area contributed by atoms with Crippen LogP contribution in [0.15, 0.2) is 29.2 Å². The fraction of sp³-hybridized carbons (Fsp3) is 0.500. The first-order valence-electron chi connectivity index (χ1n) is 6.22. The van der Waals surface area contributed by atoms with Gasteiger partial charge in [-0.1, -0.05) is 12.1 Å². The van der Waals surface area contributed by atoms with E-state index in [1.807, 2.05) is 0 Å². The van der Waals surface area contributed by atoms with Crippen LogP contribution in [0.25, 0.3) is 0 Å². The number of nitro groups is 1. The maximum atomic E-state index is 12.1. The molecule has 0 aromatic heterocycles. The zero-order valence-electron chi connectivity index (χ0n) is 11.6. The van der Waals surface area contributed by atoms with Gasteiger partial charge >= 0.3 is 0 Å². The highest BCUT2D eigenvalue weighted by molar-refractivity contribution is 7.91. The zero-order chi connectivity index (χ0) is 15.9. The fourth-order valence-electron chi connectivity index (χ4n) is 1.72. The number of aliphatic hydroxyl groups is 1. The first-order valence-corrected chi connectivity index (χ1v) is 7.87. The molecule has 1 aromatic carbocycles. The van der Waals surface area contributed by atoms with Crippen molar-refractivity contribution < 1.29 is 23.2 Å². The lowest BCUT2D eigenvalue weighted by Gasteiger charge is -2.12. The molecule has 0 aliphatic rings. The molecule has 9 heteroatoms. The molecule has 21 heavy (non-hydrogen) atoms. The molecule has 0 aliphatic carbocycles. The standard InChI is InChI=1S/C12H18N2O6S/c1-20-7-6-13-8-10(15)9-21(18,19)12-5-3-2-4-11(12)14(16)17/h2-5,10,13,15H,6-9H2,1H3. The number of methoxy groups -OCH3 is 1. The zero-order valence-corrected chi connectivity index (χ0v) is 12.4. The number of nitro benzene ring substituents is 1. The van der Waals surface area contributed by atoms with Gasteiger partial charge in [-0.25, -0.2) is 8.42 Å². The van der Waals surface area contributed by atoms with E-state index in [1.54, 1.807) is 0 Å². The van der Waals surface area contributed by atoms with Gasteiger partial charge in [-0.2, -0.15) is 0 Å². The van der Waals surface area contributed by atoms with Crippen molar-refractivity contribution in [1.82, 2.24) is 5.32 Å². The van der Waals surface area contributed by atoms with Crippen LogP contribution in [0, 0.1) is 10.1 Å². The number of nitrogens with one attached hydrogen (secondary N) is 1. The minimum absolute atomic E-state index is 0.0588. The largest absolute Gasteiger partial charge is 0.391 e. The van der Waals surface area contributed by atoms with E-state index >= 15 is 0 Å². The number of sulfone groups is 1. The third-order valence-corrected chi connectivity index (χ3v) is 4.51. The van der Waals surface area contributed by atoms with Crippen molar-refractivity contribution in [3.63, 3.8) is 0 Å². The molecule has 118 valence electrons. The van der Waals surface area contributed by atoms with Gasteiger partial charge < -0.3 is 15.2 Å². The third-order valence-electron chi connectivity index (χ3n) is 2.67. The smallest absolute Gasteiger partial charge is 0.287 e. The minimum Gasteiger partial charge on any atom is -0.391 e. The van der Waals surface area contributed by atoms with E-state index in [9.17, 15) is 23.6 Å². The molecule has 1 rings (SSSR count). The normalized spacial score (nSPS) is 13.0. The monoisotopic (exact) mass is 318 g/mol. The molecular formula is C12H18N2O6S. The van der Waals surface area contributed by atoms with Gasteiger partial charge in [-0.3, -0.25) is 10.1 Å². The van der Waals surface area contributed by atoms with Gasteiger partial charge in [-0.15, -0.1) is 0 Å². The van der Waals surface area contributed by atoms with E-state index in [-0.39, 0.29) is 11.4 Å². The highest BCUT2D eigenvalue weighted by Gasteiger charge is 2.27. The SMILES string of the molecule is COCCNCC(O)CS(=O)(=O)c1ccccc1[N+](=O)[O-]. The second kappa shape index (κ2) is 8.03. The first-order chi connectivity index (χ1) is 9.88. The van der Waals surface area contributed by atoms with Crippen LogP contribution >= 0.6 is 0 Å². The number of aliphatic hydroxyl groups excluding tert-OH is 1. The summed E-state index contributed by atoms with van der Waals surface area (Å²) in [4.78, 5) is 9.71. The Balaban J connectivity index is 2.76. The summed E-state index contributed by atoms with van der Waals surface area (Å²) in [7, 11) is -2.42. The van der Waals surface area contributed by atoms with Crippen molar-refractivity contribution in [3.05, 3.63) is 34.4 Å². The van der Waals surface area contributed by atoms with Crippen molar-refractivity contribution in [2.75, 3.05) is 32.6 Å². The van der Waals surface area contributed by atoms with Crippen molar-refractivity contribution in [2.24, 2.45) is 0 Å². The summed E-state index contributed by atoms with van der Waals surface area (Å²) in [5.41, 5.74) is -0.489. The fourth-order valence-corrected chi connectivity index (χ4v) is 3.27. The molecule has 1 unspecified atom stereocenters. The average Bonchev–Trinajstić information content (AvgIpc) is 2.43. The number of nitrogens with zero attached hydrogens (tertiary/aromatic N) is 1. The summed E-state index contributed by atoms with van der Waals surface area (Å²) >= 11 is 0. The maximum Gasteiger partial charge on any atom is 0.287 e. The van der Waals surface area contributed by atoms with Crippen LogP contribution in [0.1, 0.15) is 0 Å². The van der Waals surface area contributed by atoms with E-state index < -0.39 is 32.3 Å². The van der Waals surface area contributed by atoms with Crippen LogP contribution < -0.4 is 5.32 Å². The predicted octanol–water partition coefficient (Wildman–Crippen LogP) is -0.0346. The van der Waals surface area contributed by atoms with Crippen LogP contribution in [0.4, 0.5) is 5.69 Å². The lowest BCUT2D eigenvalue weighted by Crippen LogP contribution is -2.34. The van der Waals surface area contributed by atoms with Gasteiger partial charge in [0.25, 0.3) is 5.69 Å². The molecule has 1 atom stereocenters. The van der Waals surface area contributed by atoms with Crippen molar-refractivity contribution >= 4 is 15.5 Å². The highest BCUT2D eigenvalue weighted by atomic mass is 32.2. The van der Waals surface area contributed by atoms with E-state index in [0.29, 0.717) is 13.2 Å². The highest BCUT2D eigenvalue weighted by Crippen LogP contribution is 2.24. The number of hydrogen-bond acceptors (Lipinski definition) is 7. The van der Waals surface area contributed by atoms with Gasteiger partial charge in [0.1, 0.15) is 4.90 Å². The Hall–Kier alpha value is -1.55. The van der Waals surface area contributed by atoms with E-state index in [0.717, 1.165) is 6.07 Å². The number of rotatable bonds is 9. The second-order valence-corrected chi connectivity index (χ2v) is 6.36. The first kappa shape index (κ1) is 17.5. The number of ether oxygens (including phenoxy) is 1. The summed E-state index contributed by atoms with van der Waals surface area (Å²) in [6.45, 7) is 0.964. The van der Waals surface area contributed by atoms with E-state index in [4.69, 9.17) is 4.74 Å². The Bertz CT molecular complexity index is 575. The number of hydrogen-bond donors (Lipinski definition) is 2. The maximum absolute atomic E-state index is 12.1. The van der Waals surface area contributed by atoms with E-state index in [1.165, 1.54) is 25.3 Å². The molecule has 0 saturated heterocycles.